The largest absolute Gasteiger partial charge is 0.435 e. The van der Waals surface area contributed by atoms with Gasteiger partial charge in [0.2, 0.25) is 0 Å². The number of nitrogens with one attached hydrogen (secondary N) is 2. The van der Waals surface area contributed by atoms with Crippen LogP contribution in [-0.2, 0) is 10.0 Å². The van der Waals surface area contributed by atoms with Crippen molar-refractivity contribution in [2.75, 3.05) is 10.0 Å². The monoisotopic (exact) mass is 436 g/mol. The summed E-state index contributed by atoms with van der Waals surface area (Å²) in [5, 5.41) is 2.52. The molecule has 0 saturated carbocycles. The molecule has 0 unspecified atom stereocenters. The van der Waals surface area contributed by atoms with E-state index in [4.69, 9.17) is 0 Å². The summed E-state index contributed by atoms with van der Waals surface area (Å²) in [4.78, 5) is 12.3. The maximum Gasteiger partial charge on any atom is 0.387 e. The van der Waals surface area contributed by atoms with Gasteiger partial charge < -0.3 is 10.1 Å². The van der Waals surface area contributed by atoms with Crippen molar-refractivity contribution in [1.29, 1.82) is 0 Å². The molecule has 3 rings (SSSR count). The van der Waals surface area contributed by atoms with E-state index in [1.165, 1.54) is 30.3 Å². The number of hydrogen-bond acceptors (Lipinski definition) is 4. The molecule has 0 aliphatic rings. The lowest BCUT2D eigenvalue weighted by molar-refractivity contribution is -0.0498. The molecular weight excluding hydrogens is 421 g/mol. The molecule has 0 heterocycles. The van der Waals surface area contributed by atoms with Gasteiger partial charge in [-0.1, -0.05) is 18.2 Å². The molecular formula is C20H15F3N2O4S. The summed E-state index contributed by atoms with van der Waals surface area (Å²) in [7, 11) is -4.04. The third-order valence-electron chi connectivity index (χ3n) is 3.86. The predicted octanol–water partition coefficient (Wildman–Crippen LogP) is 4.48. The van der Waals surface area contributed by atoms with Crippen molar-refractivity contribution in [3.05, 3.63) is 84.2 Å². The maximum absolute atomic E-state index is 13.1. The Morgan fingerprint density at radius 1 is 0.900 bits per heavy atom. The van der Waals surface area contributed by atoms with Crippen LogP contribution >= 0.6 is 0 Å². The number of hydrogen-bond donors (Lipinski definition) is 2. The third-order valence-corrected chi connectivity index (χ3v) is 5.25. The second-order valence-electron chi connectivity index (χ2n) is 5.97. The summed E-state index contributed by atoms with van der Waals surface area (Å²) in [5.74, 6) is -1.44. The number of carbonyl (C=O) groups excluding carboxylic acids is 1. The number of benzene rings is 3. The Morgan fingerprint density at radius 3 is 2.23 bits per heavy atom. The molecule has 0 aromatic heterocycles. The summed E-state index contributed by atoms with van der Waals surface area (Å²) < 4.78 is 69.5. The average Bonchev–Trinajstić information content (AvgIpc) is 2.69. The third kappa shape index (κ3) is 5.29. The number of amides is 1. The number of carbonyl (C=O) groups is 1. The lowest BCUT2D eigenvalue weighted by atomic mass is 10.2. The minimum absolute atomic E-state index is 0.0318. The Morgan fingerprint density at radius 2 is 1.57 bits per heavy atom. The molecule has 156 valence electrons. The van der Waals surface area contributed by atoms with E-state index in [1.807, 2.05) is 0 Å². The molecule has 0 spiro atoms. The summed E-state index contributed by atoms with van der Waals surface area (Å²) in [6.07, 6.45) is 0. The first-order chi connectivity index (χ1) is 14.2. The van der Waals surface area contributed by atoms with Gasteiger partial charge in [-0.2, -0.15) is 8.78 Å². The van der Waals surface area contributed by atoms with Crippen LogP contribution in [0.2, 0.25) is 0 Å². The first-order valence-corrected chi connectivity index (χ1v) is 9.96. The zero-order valence-electron chi connectivity index (χ0n) is 15.2. The number of alkyl halides is 2. The average molecular weight is 436 g/mol. The van der Waals surface area contributed by atoms with Crippen molar-refractivity contribution in [3.8, 4) is 5.75 Å². The van der Waals surface area contributed by atoms with E-state index in [1.54, 1.807) is 12.1 Å². The molecule has 0 fully saturated rings. The highest BCUT2D eigenvalue weighted by atomic mass is 32.2. The molecule has 0 bridgehead atoms. The van der Waals surface area contributed by atoms with Crippen molar-refractivity contribution in [3.63, 3.8) is 0 Å². The van der Waals surface area contributed by atoms with Gasteiger partial charge in [0.05, 0.1) is 16.3 Å². The molecule has 3 aromatic rings. The normalized spacial score (nSPS) is 11.2. The van der Waals surface area contributed by atoms with Crippen LogP contribution in [0.5, 0.6) is 5.75 Å². The molecule has 6 nitrogen and oxygen atoms in total. The lowest BCUT2D eigenvalue weighted by Gasteiger charge is -2.14. The topological polar surface area (TPSA) is 84.5 Å². The van der Waals surface area contributed by atoms with Crippen LogP contribution in [0.1, 0.15) is 10.4 Å². The summed E-state index contributed by atoms with van der Waals surface area (Å²) in [5.41, 5.74) is 0.230. The fourth-order valence-corrected chi connectivity index (χ4v) is 3.59. The molecule has 10 heteroatoms. The van der Waals surface area contributed by atoms with Gasteiger partial charge >= 0.3 is 6.61 Å². The highest BCUT2D eigenvalue weighted by Gasteiger charge is 2.17. The minimum Gasteiger partial charge on any atom is -0.435 e. The van der Waals surface area contributed by atoms with E-state index >= 15 is 0 Å². The number of sulfonamides is 1. The Bertz CT molecular complexity index is 1150. The maximum atomic E-state index is 13.1. The standard InChI is InChI=1S/C20H15F3N2O4S/c21-14-8-10-16(11-9-14)30(27,28)25-18-7-2-1-6-17(18)24-19(26)13-4-3-5-15(12-13)29-20(22)23/h1-12,20,25H,(H,24,26). The van der Waals surface area contributed by atoms with E-state index in [0.29, 0.717) is 0 Å². The molecule has 0 atom stereocenters. The minimum atomic E-state index is -4.04. The van der Waals surface area contributed by atoms with E-state index in [2.05, 4.69) is 14.8 Å². The zero-order valence-corrected chi connectivity index (χ0v) is 16.0. The van der Waals surface area contributed by atoms with E-state index in [-0.39, 0.29) is 27.6 Å². The van der Waals surface area contributed by atoms with Gasteiger partial charge in [0, 0.05) is 5.56 Å². The Balaban J connectivity index is 1.82. The van der Waals surface area contributed by atoms with Crippen LogP contribution in [0.3, 0.4) is 0 Å². The van der Waals surface area contributed by atoms with Crippen molar-refractivity contribution < 1.29 is 31.1 Å². The number of para-hydroxylation sites is 2. The molecule has 0 radical (unpaired) electrons. The van der Waals surface area contributed by atoms with Gasteiger partial charge in [-0.05, 0) is 54.6 Å². The first kappa shape index (κ1) is 21.2. The molecule has 2 N–H and O–H groups in total. The predicted molar refractivity (Wildman–Crippen MR) is 105 cm³/mol. The number of rotatable bonds is 7. The van der Waals surface area contributed by atoms with Crippen molar-refractivity contribution in [1.82, 2.24) is 0 Å². The van der Waals surface area contributed by atoms with Crippen LogP contribution in [0.15, 0.2) is 77.7 Å². The summed E-state index contributed by atoms with van der Waals surface area (Å²) >= 11 is 0. The number of ether oxygens (including phenoxy) is 1. The number of halogens is 3. The van der Waals surface area contributed by atoms with Crippen LogP contribution in [0.25, 0.3) is 0 Å². The van der Waals surface area contributed by atoms with Gasteiger partial charge in [-0.15, -0.1) is 0 Å². The van der Waals surface area contributed by atoms with E-state index in [9.17, 15) is 26.4 Å². The fraction of sp³-hybridized carbons (Fsp3) is 0.0500. The van der Waals surface area contributed by atoms with Gasteiger partial charge in [-0.25, -0.2) is 12.8 Å². The smallest absolute Gasteiger partial charge is 0.387 e. The molecule has 0 aliphatic carbocycles. The molecule has 30 heavy (non-hydrogen) atoms. The Kier molecular flexibility index (Phi) is 6.26. The summed E-state index contributed by atoms with van der Waals surface area (Å²) in [6.45, 7) is -3.04. The quantitative estimate of drug-likeness (QED) is 0.572. The molecule has 0 saturated heterocycles. The zero-order chi connectivity index (χ0) is 21.7. The lowest BCUT2D eigenvalue weighted by Crippen LogP contribution is -2.17. The second-order valence-corrected chi connectivity index (χ2v) is 7.65. The van der Waals surface area contributed by atoms with Gasteiger partial charge in [0.15, 0.2) is 0 Å². The van der Waals surface area contributed by atoms with Gasteiger partial charge in [0.1, 0.15) is 11.6 Å². The van der Waals surface area contributed by atoms with Crippen molar-refractivity contribution in [2.24, 2.45) is 0 Å². The summed E-state index contributed by atoms with van der Waals surface area (Å²) in [6, 6.07) is 15.4. The SMILES string of the molecule is O=C(Nc1ccccc1NS(=O)(=O)c1ccc(F)cc1)c1cccc(OC(F)F)c1. The van der Waals surface area contributed by atoms with Gasteiger partial charge in [-0.3, -0.25) is 9.52 Å². The van der Waals surface area contributed by atoms with Crippen LogP contribution in [0.4, 0.5) is 24.5 Å². The highest BCUT2D eigenvalue weighted by Crippen LogP contribution is 2.26. The second kappa shape index (κ2) is 8.87. The highest BCUT2D eigenvalue weighted by molar-refractivity contribution is 7.92. The van der Waals surface area contributed by atoms with Crippen molar-refractivity contribution >= 4 is 27.3 Å². The van der Waals surface area contributed by atoms with Gasteiger partial charge in [0.25, 0.3) is 15.9 Å². The van der Waals surface area contributed by atoms with Crippen LogP contribution in [-0.4, -0.2) is 20.9 Å². The van der Waals surface area contributed by atoms with Crippen LogP contribution in [0, 0.1) is 5.82 Å². The first-order valence-electron chi connectivity index (χ1n) is 8.48. The number of anilines is 2. The van der Waals surface area contributed by atoms with Crippen molar-refractivity contribution in [2.45, 2.75) is 11.5 Å². The van der Waals surface area contributed by atoms with Crippen LogP contribution < -0.4 is 14.8 Å². The molecule has 1 amide bonds. The Labute approximate surface area is 170 Å². The molecule has 3 aromatic carbocycles. The fourth-order valence-electron chi connectivity index (χ4n) is 2.51. The van der Waals surface area contributed by atoms with E-state index in [0.717, 1.165) is 30.3 Å². The van der Waals surface area contributed by atoms with E-state index < -0.39 is 28.4 Å². The Hall–Kier alpha value is -3.53. The molecule has 0 aliphatic heterocycles.